The molecule has 1 saturated heterocycles. The molecule has 6 heteroatoms. The van der Waals surface area contributed by atoms with Crippen molar-refractivity contribution in [2.75, 3.05) is 51.8 Å². The van der Waals surface area contributed by atoms with Gasteiger partial charge in [-0.25, -0.2) is 0 Å². The highest BCUT2D eigenvalue weighted by atomic mass is 16.5. The van der Waals surface area contributed by atoms with Gasteiger partial charge in [0.15, 0.2) is 5.96 Å². The molecule has 1 aromatic carbocycles. The van der Waals surface area contributed by atoms with Crippen molar-refractivity contribution in [3.05, 3.63) is 54.4 Å². The van der Waals surface area contributed by atoms with Crippen LogP contribution < -0.4 is 15.0 Å². The zero-order valence-corrected chi connectivity index (χ0v) is 15.6. The van der Waals surface area contributed by atoms with E-state index in [2.05, 4.69) is 43.3 Å². The van der Waals surface area contributed by atoms with Gasteiger partial charge in [0.05, 0.1) is 7.11 Å². The number of hydrogen-bond acceptors (Lipinski definition) is 4. The molecule has 138 valence electrons. The van der Waals surface area contributed by atoms with E-state index >= 15 is 0 Å². The highest BCUT2D eigenvalue weighted by Gasteiger charge is 2.19. The second-order valence-electron chi connectivity index (χ2n) is 6.26. The summed E-state index contributed by atoms with van der Waals surface area (Å²) in [4.78, 5) is 13.3. The lowest BCUT2D eigenvalue weighted by molar-refractivity contribution is 0.372. The number of aromatic nitrogens is 1. The maximum absolute atomic E-state index is 5.33. The number of piperazine rings is 1. The number of guanidine groups is 1. The minimum absolute atomic E-state index is 0.856. The van der Waals surface area contributed by atoms with Gasteiger partial charge < -0.3 is 19.9 Å². The monoisotopic (exact) mass is 353 g/mol. The Morgan fingerprint density at radius 2 is 2.04 bits per heavy atom. The lowest BCUT2D eigenvalue weighted by Crippen LogP contribution is -2.52. The number of pyridine rings is 1. The van der Waals surface area contributed by atoms with Crippen LogP contribution in [0, 0.1) is 0 Å². The van der Waals surface area contributed by atoms with Crippen LogP contribution >= 0.6 is 0 Å². The molecule has 1 aliphatic rings. The Labute approximate surface area is 155 Å². The summed E-state index contributed by atoms with van der Waals surface area (Å²) in [6, 6.07) is 12.3. The van der Waals surface area contributed by atoms with Crippen LogP contribution in [0.5, 0.6) is 5.75 Å². The van der Waals surface area contributed by atoms with Gasteiger partial charge in [-0.05, 0) is 30.2 Å². The maximum atomic E-state index is 5.33. The Morgan fingerprint density at radius 3 is 2.73 bits per heavy atom. The highest BCUT2D eigenvalue weighted by molar-refractivity contribution is 5.80. The van der Waals surface area contributed by atoms with Gasteiger partial charge in [0.2, 0.25) is 0 Å². The van der Waals surface area contributed by atoms with Crippen LogP contribution in [0.4, 0.5) is 5.69 Å². The van der Waals surface area contributed by atoms with Crippen LogP contribution in [0.1, 0.15) is 5.56 Å². The summed E-state index contributed by atoms with van der Waals surface area (Å²) in [7, 11) is 3.55. The molecule has 0 amide bonds. The minimum atomic E-state index is 0.856. The first kappa shape index (κ1) is 18.0. The van der Waals surface area contributed by atoms with Gasteiger partial charge >= 0.3 is 0 Å². The van der Waals surface area contributed by atoms with E-state index in [9.17, 15) is 0 Å². The van der Waals surface area contributed by atoms with Crippen molar-refractivity contribution in [1.82, 2.24) is 15.2 Å². The van der Waals surface area contributed by atoms with Crippen molar-refractivity contribution >= 4 is 11.6 Å². The normalized spacial score (nSPS) is 15.1. The van der Waals surface area contributed by atoms with E-state index in [1.807, 2.05) is 31.4 Å². The Hall–Kier alpha value is -2.76. The molecule has 0 atom stereocenters. The minimum Gasteiger partial charge on any atom is -0.497 e. The number of nitrogens with one attached hydrogen (secondary N) is 1. The van der Waals surface area contributed by atoms with Crippen LogP contribution in [0.15, 0.2) is 53.8 Å². The second-order valence-corrected chi connectivity index (χ2v) is 6.26. The third kappa shape index (κ3) is 4.65. The van der Waals surface area contributed by atoms with E-state index < -0.39 is 0 Å². The molecule has 0 saturated carbocycles. The van der Waals surface area contributed by atoms with E-state index in [1.54, 1.807) is 13.3 Å². The standard InChI is InChI=1S/C20H27N5O/c1-21-20(23-10-8-17-5-4-9-22-16-17)25-13-11-24(12-14-25)18-6-3-7-19(15-18)26-2/h3-7,9,15-16H,8,10-14H2,1-2H3,(H,21,23). The molecule has 0 spiro atoms. The number of ether oxygens (including phenoxy) is 1. The Kier molecular flexibility index (Phi) is 6.30. The molecule has 0 bridgehead atoms. The van der Waals surface area contributed by atoms with Gasteiger partial charge in [-0.1, -0.05) is 12.1 Å². The summed E-state index contributed by atoms with van der Waals surface area (Å²) >= 11 is 0. The van der Waals surface area contributed by atoms with Crippen molar-refractivity contribution in [1.29, 1.82) is 0 Å². The van der Waals surface area contributed by atoms with Crippen molar-refractivity contribution in [3.8, 4) is 5.75 Å². The maximum Gasteiger partial charge on any atom is 0.193 e. The van der Waals surface area contributed by atoms with E-state index in [1.165, 1.54) is 11.3 Å². The molecule has 2 aromatic rings. The quantitative estimate of drug-likeness (QED) is 0.658. The van der Waals surface area contributed by atoms with Gasteiger partial charge in [0.1, 0.15) is 5.75 Å². The van der Waals surface area contributed by atoms with E-state index in [4.69, 9.17) is 4.74 Å². The number of aliphatic imine (C=N–C) groups is 1. The van der Waals surface area contributed by atoms with Crippen LogP contribution in [-0.2, 0) is 6.42 Å². The fourth-order valence-electron chi connectivity index (χ4n) is 3.18. The van der Waals surface area contributed by atoms with Gasteiger partial charge in [-0.15, -0.1) is 0 Å². The fraction of sp³-hybridized carbons (Fsp3) is 0.400. The first-order valence-corrected chi connectivity index (χ1v) is 9.03. The smallest absolute Gasteiger partial charge is 0.193 e. The molecule has 1 aliphatic heterocycles. The number of benzene rings is 1. The Bertz CT molecular complexity index is 711. The molecule has 6 nitrogen and oxygen atoms in total. The first-order chi connectivity index (χ1) is 12.8. The Morgan fingerprint density at radius 1 is 1.19 bits per heavy atom. The average Bonchev–Trinajstić information content (AvgIpc) is 2.72. The molecule has 1 fully saturated rings. The summed E-state index contributed by atoms with van der Waals surface area (Å²) in [5, 5.41) is 3.47. The van der Waals surface area contributed by atoms with Crippen molar-refractivity contribution in [2.45, 2.75) is 6.42 Å². The van der Waals surface area contributed by atoms with Crippen molar-refractivity contribution < 1.29 is 4.74 Å². The zero-order chi connectivity index (χ0) is 18.2. The highest BCUT2D eigenvalue weighted by Crippen LogP contribution is 2.22. The SMILES string of the molecule is CN=C(NCCc1cccnc1)N1CCN(c2cccc(OC)c2)CC1. The van der Waals surface area contributed by atoms with E-state index in [0.29, 0.717) is 0 Å². The fourth-order valence-corrected chi connectivity index (χ4v) is 3.18. The number of methoxy groups -OCH3 is 1. The summed E-state index contributed by atoms with van der Waals surface area (Å²) in [6.07, 6.45) is 4.66. The van der Waals surface area contributed by atoms with Crippen LogP contribution in [-0.4, -0.2) is 62.7 Å². The molecule has 0 radical (unpaired) electrons. The van der Waals surface area contributed by atoms with Gasteiger partial charge in [-0.3, -0.25) is 9.98 Å². The van der Waals surface area contributed by atoms with E-state index in [0.717, 1.165) is 50.9 Å². The Balaban J connectivity index is 1.49. The summed E-state index contributed by atoms with van der Waals surface area (Å²) in [5.41, 5.74) is 2.45. The predicted molar refractivity (Wildman–Crippen MR) is 106 cm³/mol. The molecule has 26 heavy (non-hydrogen) atoms. The number of anilines is 1. The molecular weight excluding hydrogens is 326 g/mol. The summed E-state index contributed by atoms with van der Waals surface area (Å²) in [6.45, 7) is 4.69. The predicted octanol–water partition coefficient (Wildman–Crippen LogP) is 2.03. The lowest BCUT2D eigenvalue weighted by Gasteiger charge is -2.37. The lowest BCUT2D eigenvalue weighted by atomic mass is 10.2. The number of nitrogens with zero attached hydrogens (tertiary/aromatic N) is 4. The number of rotatable bonds is 5. The second kappa shape index (κ2) is 9.08. The summed E-state index contributed by atoms with van der Waals surface area (Å²) < 4.78 is 5.33. The molecule has 3 rings (SSSR count). The molecule has 0 aliphatic carbocycles. The van der Waals surface area contributed by atoms with Gasteiger partial charge in [-0.2, -0.15) is 0 Å². The number of hydrogen-bond donors (Lipinski definition) is 1. The van der Waals surface area contributed by atoms with E-state index in [-0.39, 0.29) is 0 Å². The third-order valence-corrected chi connectivity index (χ3v) is 4.63. The summed E-state index contributed by atoms with van der Waals surface area (Å²) in [5.74, 6) is 1.87. The van der Waals surface area contributed by atoms with Crippen molar-refractivity contribution in [3.63, 3.8) is 0 Å². The topological polar surface area (TPSA) is 53.0 Å². The van der Waals surface area contributed by atoms with Crippen LogP contribution in [0.25, 0.3) is 0 Å². The molecule has 2 heterocycles. The average molecular weight is 353 g/mol. The van der Waals surface area contributed by atoms with Crippen LogP contribution in [0.3, 0.4) is 0 Å². The molecular formula is C20H27N5O. The van der Waals surface area contributed by atoms with Gasteiger partial charge in [0.25, 0.3) is 0 Å². The molecule has 1 N–H and O–H groups in total. The third-order valence-electron chi connectivity index (χ3n) is 4.63. The van der Waals surface area contributed by atoms with Crippen LogP contribution in [0.2, 0.25) is 0 Å². The largest absolute Gasteiger partial charge is 0.497 e. The molecule has 0 unspecified atom stereocenters. The zero-order valence-electron chi connectivity index (χ0n) is 15.6. The van der Waals surface area contributed by atoms with Crippen molar-refractivity contribution in [2.24, 2.45) is 4.99 Å². The molecule has 1 aromatic heterocycles. The first-order valence-electron chi connectivity index (χ1n) is 9.03. The van der Waals surface area contributed by atoms with Gasteiger partial charge in [0, 0.05) is 63.9 Å².